The van der Waals surface area contributed by atoms with E-state index in [0.717, 1.165) is 28.3 Å². The van der Waals surface area contributed by atoms with Gasteiger partial charge in [0, 0.05) is 5.69 Å². The second-order valence-corrected chi connectivity index (χ2v) is 6.04. The predicted octanol–water partition coefficient (Wildman–Crippen LogP) is 4.49. The number of nitrogens with one attached hydrogen (secondary N) is 2. The van der Waals surface area contributed by atoms with E-state index < -0.39 is 0 Å². The van der Waals surface area contributed by atoms with Crippen LogP contribution in [0.4, 0.5) is 17.2 Å². The van der Waals surface area contributed by atoms with Crippen LogP contribution >= 0.6 is 0 Å². The van der Waals surface area contributed by atoms with Crippen molar-refractivity contribution in [3.05, 3.63) is 71.7 Å². The Kier molecular flexibility index (Phi) is 5.66. The van der Waals surface area contributed by atoms with E-state index in [1.807, 2.05) is 63.2 Å². The Labute approximate surface area is 158 Å². The Balaban J connectivity index is 1.72. The van der Waals surface area contributed by atoms with E-state index in [9.17, 15) is 4.79 Å². The van der Waals surface area contributed by atoms with Crippen molar-refractivity contribution < 1.29 is 9.53 Å². The van der Waals surface area contributed by atoms with Crippen LogP contribution in [0, 0.1) is 13.8 Å². The molecule has 2 aromatic carbocycles. The van der Waals surface area contributed by atoms with E-state index in [-0.39, 0.29) is 11.6 Å². The van der Waals surface area contributed by atoms with Crippen LogP contribution in [-0.4, -0.2) is 22.5 Å². The molecule has 1 heterocycles. The molecule has 6 nitrogen and oxygen atoms in total. The predicted molar refractivity (Wildman–Crippen MR) is 107 cm³/mol. The molecule has 6 heteroatoms. The number of aromatic nitrogens is 2. The van der Waals surface area contributed by atoms with Crippen LogP contribution in [0.5, 0.6) is 5.75 Å². The van der Waals surface area contributed by atoms with Gasteiger partial charge in [0.2, 0.25) is 0 Å². The number of para-hydroxylation sites is 2. The summed E-state index contributed by atoms with van der Waals surface area (Å²) in [5, 5.41) is 6.04. The van der Waals surface area contributed by atoms with E-state index in [1.165, 1.54) is 12.4 Å². The molecule has 0 atom stereocenters. The Hall–Kier alpha value is -3.41. The smallest absolute Gasteiger partial charge is 0.275 e. The summed E-state index contributed by atoms with van der Waals surface area (Å²) in [6.45, 7) is 6.48. The summed E-state index contributed by atoms with van der Waals surface area (Å²) in [6, 6.07) is 13.4. The molecule has 27 heavy (non-hydrogen) atoms. The lowest BCUT2D eigenvalue weighted by Gasteiger charge is -2.12. The van der Waals surface area contributed by atoms with Crippen LogP contribution < -0.4 is 15.4 Å². The number of hydrogen-bond acceptors (Lipinski definition) is 5. The third-order valence-corrected chi connectivity index (χ3v) is 4.19. The Morgan fingerprint density at radius 1 is 1.00 bits per heavy atom. The minimum Gasteiger partial charge on any atom is -0.492 e. The Morgan fingerprint density at radius 3 is 2.52 bits per heavy atom. The van der Waals surface area contributed by atoms with Crippen molar-refractivity contribution in [2.75, 3.05) is 17.2 Å². The van der Waals surface area contributed by atoms with Gasteiger partial charge in [-0.2, -0.15) is 0 Å². The van der Waals surface area contributed by atoms with Crippen LogP contribution in [0.15, 0.2) is 54.9 Å². The highest BCUT2D eigenvalue weighted by Crippen LogP contribution is 2.26. The molecule has 0 aliphatic rings. The molecular weight excluding hydrogens is 340 g/mol. The monoisotopic (exact) mass is 362 g/mol. The average molecular weight is 362 g/mol. The highest BCUT2D eigenvalue weighted by Gasteiger charge is 2.11. The number of carbonyl (C=O) groups excluding carboxylic acids is 1. The van der Waals surface area contributed by atoms with E-state index in [2.05, 4.69) is 20.6 Å². The molecule has 0 spiro atoms. The number of ether oxygens (including phenoxy) is 1. The zero-order chi connectivity index (χ0) is 19.2. The number of amides is 1. The summed E-state index contributed by atoms with van der Waals surface area (Å²) >= 11 is 0. The largest absolute Gasteiger partial charge is 0.492 e. The Bertz CT molecular complexity index is 939. The van der Waals surface area contributed by atoms with Gasteiger partial charge in [-0.05, 0) is 50.1 Å². The minimum atomic E-state index is -0.294. The van der Waals surface area contributed by atoms with Gasteiger partial charge in [-0.25, -0.2) is 9.97 Å². The van der Waals surface area contributed by atoms with Gasteiger partial charge in [0.25, 0.3) is 5.91 Å². The maximum atomic E-state index is 12.4. The van der Waals surface area contributed by atoms with Crippen LogP contribution in [0.25, 0.3) is 0 Å². The lowest BCUT2D eigenvalue weighted by Crippen LogP contribution is -2.15. The van der Waals surface area contributed by atoms with Gasteiger partial charge in [0.05, 0.1) is 24.7 Å². The van der Waals surface area contributed by atoms with Crippen LogP contribution in [0.1, 0.15) is 28.5 Å². The molecule has 3 aromatic rings. The highest BCUT2D eigenvalue weighted by atomic mass is 16.5. The van der Waals surface area contributed by atoms with Gasteiger partial charge < -0.3 is 15.4 Å². The lowest BCUT2D eigenvalue weighted by molar-refractivity contribution is 0.102. The fraction of sp³-hybridized carbons (Fsp3) is 0.190. The van der Waals surface area contributed by atoms with Gasteiger partial charge in [-0.3, -0.25) is 4.79 Å². The molecule has 0 unspecified atom stereocenters. The summed E-state index contributed by atoms with van der Waals surface area (Å²) in [5.74, 6) is 0.974. The molecule has 0 saturated heterocycles. The number of aryl methyl sites for hydroxylation is 1. The normalized spacial score (nSPS) is 10.3. The maximum Gasteiger partial charge on any atom is 0.275 e. The topological polar surface area (TPSA) is 76.1 Å². The fourth-order valence-corrected chi connectivity index (χ4v) is 2.57. The molecule has 0 fully saturated rings. The van der Waals surface area contributed by atoms with Crippen LogP contribution in [-0.2, 0) is 0 Å². The van der Waals surface area contributed by atoms with Crippen molar-refractivity contribution in [3.63, 3.8) is 0 Å². The number of anilines is 3. The first-order valence-corrected chi connectivity index (χ1v) is 8.77. The summed E-state index contributed by atoms with van der Waals surface area (Å²) in [5.41, 5.74) is 3.96. The molecule has 1 aromatic heterocycles. The van der Waals surface area contributed by atoms with Crippen molar-refractivity contribution in [3.8, 4) is 5.75 Å². The molecule has 0 aliphatic carbocycles. The van der Waals surface area contributed by atoms with Gasteiger partial charge in [0.15, 0.2) is 0 Å². The third-order valence-electron chi connectivity index (χ3n) is 4.19. The van der Waals surface area contributed by atoms with Crippen LogP contribution in [0.3, 0.4) is 0 Å². The highest BCUT2D eigenvalue weighted by molar-refractivity contribution is 6.03. The third kappa shape index (κ3) is 4.41. The molecule has 1 amide bonds. The quantitative estimate of drug-likeness (QED) is 0.676. The molecular formula is C21H22N4O2. The number of benzene rings is 2. The molecule has 0 bridgehead atoms. The van der Waals surface area contributed by atoms with Gasteiger partial charge in [0.1, 0.15) is 17.3 Å². The van der Waals surface area contributed by atoms with Gasteiger partial charge in [-0.1, -0.05) is 24.3 Å². The van der Waals surface area contributed by atoms with Crippen molar-refractivity contribution in [2.45, 2.75) is 20.8 Å². The molecule has 0 saturated carbocycles. The van der Waals surface area contributed by atoms with Crippen LogP contribution in [0.2, 0.25) is 0 Å². The molecule has 138 valence electrons. The number of carbonyl (C=O) groups is 1. The summed E-state index contributed by atoms with van der Waals surface area (Å²) in [6.07, 6.45) is 2.98. The van der Waals surface area contributed by atoms with Crippen molar-refractivity contribution in [1.29, 1.82) is 0 Å². The average Bonchev–Trinajstić information content (AvgIpc) is 2.68. The second kappa shape index (κ2) is 8.31. The van der Waals surface area contributed by atoms with E-state index in [1.54, 1.807) is 0 Å². The van der Waals surface area contributed by atoms with E-state index in [0.29, 0.717) is 12.4 Å². The number of rotatable bonds is 6. The van der Waals surface area contributed by atoms with Gasteiger partial charge in [-0.15, -0.1) is 0 Å². The van der Waals surface area contributed by atoms with E-state index >= 15 is 0 Å². The first kappa shape index (κ1) is 18.4. The molecule has 3 rings (SSSR count). The molecule has 0 aliphatic heterocycles. The zero-order valence-corrected chi connectivity index (χ0v) is 15.6. The SMILES string of the molecule is CCOc1ccccc1Nc1cnc(C(=O)Nc2cccc(C)c2C)cn1. The van der Waals surface area contributed by atoms with Crippen molar-refractivity contribution >= 4 is 23.1 Å². The molecule has 2 N–H and O–H groups in total. The zero-order valence-electron chi connectivity index (χ0n) is 15.6. The first-order valence-electron chi connectivity index (χ1n) is 8.77. The lowest BCUT2D eigenvalue weighted by atomic mass is 10.1. The summed E-state index contributed by atoms with van der Waals surface area (Å²) < 4.78 is 5.58. The Morgan fingerprint density at radius 2 is 1.78 bits per heavy atom. The first-order chi connectivity index (χ1) is 13.1. The van der Waals surface area contributed by atoms with Gasteiger partial charge >= 0.3 is 0 Å². The summed E-state index contributed by atoms with van der Waals surface area (Å²) in [7, 11) is 0. The van der Waals surface area contributed by atoms with Crippen molar-refractivity contribution in [1.82, 2.24) is 9.97 Å². The minimum absolute atomic E-state index is 0.250. The standard InChI is InChI=1S/C21H22N4O2/c1-4-27-19-11-6-5-9-17(19)24-20-13-22-18(12-23-20)21(26)25-16-10-7-8-14(2)15(16)3/h5-13H,4H2,1-3H3,(H,23,24)(H,25,26). The summed E-state index contributed by atoms with van der Waals surface area (Å²) in [4.78, 5) is 20.9. The molecule has 0 radical (unpaired) electrons. The maximum absolute atomic E-state index is 12.4. The number of hydrogen-bond donors (Lipinski definition) is 2. The second-order valence-electron chi connectivity index (χ2n) is 6.04. The van der Waals surface area contributed by atoms with Crippen molar-refractivity contribution in [2.24, 2.45) is 0 Å². The van der Waals surface area contributed by atoms with E-state index in [4.69, 9.17) is 4.74 Å². The number of nitrogens with zero attached hydrogens (tertiary/aromatic N) is 2. The fourth-order valence-electron chi connectivity index (χ4n) is 2.57.